The number of para-hydroxylation sites is 1. The molecule has 0 aliphatic carbocycles. The highest BCUT2D eigenvalue weighted by molar-refractivity contribution is 7.92. The van der Waals surface area contributed by atoms with Gasteiger partial charge in [0.1, 0.15) is 19.0 Å². The Labute approximate surface area is 141 Å². The second kappa shape index (κ2) is 7.83. The van der Waals surface area contributed by atoms with Gasteiger partial charge in [0.2, 0.25) is 10.0 Å². The van der Waals surface area contributed by atoms with E-state index in [1.165, 1.54) is 12.1 Å². The van der Waals surface area contributed by atoms with Crippen LogP contribution in [0.25, 0.3) is 0 Å². The van der Waals surface area contributed by atoms with Gasteiger partial charge in [-0.3, -0.25) is 4.72 Å². The van der Waals surface area contributed by atoms with Crippen molar-refractivity contribution >= 4 is 21.7 Å². The molecule has 0 unspecified atom stereocenters. The molecule has 7 heteroatoms. The van der Waals surface area contributed by atoms with E-state index in [0.717, 1.165) is 11.8 Å². The summed E-state index contributed by atoms with van der Waals surface area (Å²) in [6, 6.07) is 13.8. The molecule has 0 bridgehead atoms. The number of benzene rings is 2. The van der Waals surface area contributed by atoms with Crippen molar-refractivity contribution in [3.05, 3.63) is 59.7 Å². The molecule has 2 rings (SSSR count). The van der Waals surface area contributed by atoms with Gasteiger partial charge in [0.25, 0.3) is 0 Å². The van der Waals surface area contributed by atoms with E-state index in [2.05, 4.69) is 4.72 Å². The van der Waals surface area contributed by atoms with Gasteiger partial charge in [-0.05, 0) is 36.8 Å². The molecule has 0 radical (unpaired) electrons. The fourth-order valence-electron chi connectivity index (χ4n) is 2.03. The maximum Gasteiger partial charge on any atom is 0.340 e. The first-order valence-electron chi connectivity index (χ1n) is 7.28. The summed E-state index contributed by atoms with van der Waals surface area (Å²) >= 11 is 0. The number of carbonyl (C=O) groups excluding carboxylic acids is 1. The van der Waals surface area contributed by atoms with Crippen molar-refractivity contribution in [2.45, 2.75) is 6.92 Å². The third kappa shape index (κ3) is 5.58. The molecule has 0 spiro atoms. The van der Waals surface area contributed by atoms with Crippen molar-refractivity contribution in [2.24, 2.45) is 0 Å². The number of hydrogen-bond donors (Lipinski definition) is 1. The summed E-state index contributed by atoms with van der Waals surface area (Å²) < 4.78 is 35.6. The van der Waals surface area contributed by atoms with Crippen molar-refractivity contribution in [2.75, 3.05) is 24.2 Å². The van der Waals surface area contributed by atoms with Crippen molar-refractivity contribution in [3.8, 4) is 5.75 Å². The molecule has 24 heavy (non-hydrogen) atoms. The van der Waals surface area contributed by atoms with Crippen LogP contribution in [0.15, 0.2) is 48.5 Å². The molecule has 0 atom stereocenters. The molecule has 0 fully saturated rings. The van der Waals surface area contributed by atoms with Crippen molar-refractivity contribution in [1.82, 2.24) is 0 Å². The summed E-state index contributed by atoms with van der Waals surface area (Å²) in [5, 5.41) is 0. The molecular formula is C17H19NO5S. The molecule has 2 aromatic carbocycles. The van der Waals surface area contributed by atoms with E-state index >= 15 is 0 Å². The normalized spacial score (nSPS) is 10.9. The summed E-state index contributed by atoms with van der Waals surface area (Å²) in [6.07, 6.45) is 1.02. The monoisotopic (exact) mass is 349 g/mol. The number of rotatable bonds is 7. The van der Waals surface area contributed by atoms with Gasteiger partial charge in [0, 0.05) is 0 Å². The molecule has 0 saturated carbocycles. The van der Waals surface area contributed by atoms with Gasteiger partial charge >= 0.3 is 5.97 Å². The van der Waals surface area contributed by atoms with Gasteiger partial charge in [0.05, 0.1) is 17.5 Å². The molecule has 0 aliphatic rings. The molecule has 0 aromatic heterocycles. The molecular weight excluding hydrogens is 330 g/mol. The number of nitrogens with one attached hydrogen (secondary N) is 1. The molecule has 2 aromatic rings. The van der Waals surface area contributed by atoms with Gasteiger partial charge in [-0.1, -0.05) is 24.3 Å². The van der Waals surface area contributed by atoms with Crippen LogP contribution >= 0.6 is 0 Å². The highest BCUT2D eigenvalue weighted by Crippen LogP contribution is 2.17. The van der Waals surface area contributed by atoms with Gasteiger partial charge in [0.15, 0.2) is 0 Å². The van der Waals surface area contributed by atoms with Crippen LogP contribution < -0.4 is 9.46 Å². The number of aryl methyl sites for hydroxylation is 1. The van der Waals surface area contributed by atoms with Crippen molar-refractivity contribution < 1.29 is 22.7 Å². The first-order chi connectivity index (χ1) is 11.3. The largest absolute Gasteiger partial charge is 0.490 e. The zero-order valence-corrected chi connectivity index (χ0v) is 14.3. The van der Waals surface area contributed by atoms with Crippen molar-refractivity contribution in [1.29, 1.82) is 0 Å². The highest BCUT2D eigenvalue weighted by Gasteiger charge is 2.14. The fourth-order valence-corrected chi connectivity index (χ4v) is 2.60. The van der Waals surface area contributed by atoms with E-state index in [9.17, 15) is 13.2 Å². The highest BCUT2D eigenvalue weighted by atomic mass is 32.2. The number of carbonyl (C=O) groups is 1. The predicted molar refractivity (Wildman–Crippen MR) is 91.9 cm³/mol. The maximum absolute atomic E-state index is 12.1. The Kier molecular flexibility index (Phi) is 5.81. The Morgan fingerprint density at radius 3 is 2.54 bits per heavy atom. The first-order valence-corrected chi connectivity index (χ1v) is 9.18. The first kappa shape index (κ1) is 17.8. The van der Waals surface area contributed by atoms with E-state index in [1.54, 1.807) is 12.1 Å². The lowest BCUT2D eigenvalue weighted by Crippen LogP contribution is -2.16. The second-order valence-corrected chi connectivity index (χ2v) is 6.97. The molecule has 0 saturated heterocycles. The lowest BCUT2D eigenvalue weighted by Gasteiger charge is -2.11. The third-order valence-corrected chi connectivity index (χ3v) is 3.61. The van der Waals surface area contributed by atoms with E-state index in [4.69, 9.17) is 9.47 Å². The van der Waals surface area contributed by atoms with Crippen LogP contribution in [-0.4, -0.2) is 33.9 Å². The lowest BCUT2D eigenvalue weighted by molar-refractivity contribution is 0.0451. The molecule has 0 heterocycles. The third-order valence-electron chi connectivity index (χ3n) is 3.02. The minimum atomic E-state index is -3.48. The smallest absolute Gasteiger partial charge is 0.340 e. The minimum Gasteiger partial charge on any atom is -0.490 e. The van der Waals surface area contributed by atoms with Crippen LogP contribution in [0.4, 0.5) is 5.69 Å². The molecule has 6 nitrogen and oxygen atoms in total. The zero-order chi connectivity index (χ0) is 17.6. The topological polar surface area (TPSA) is 81.7 Å². The molecule has 128 valence electrons. The molecule has 1 N–H and O–H groups in total. The lowest BCUT2D eigenvalue weighted by atomic mass is 10.2. The average molecular weight is 349 g/mol. The standard InChI is InChI=1S/C17H19NO5S/c1-13-6-5-7-14(12-13)22-10-11-23-17(19)15-8-3-4-9-16(15)18-24(2,20)21/h3-9,12,18H,10-11H2,1-2H3. The van der Waals surface area contributed by atoms with E-state index in [0.29, 0.717) is 5.75 Å². The quantitative estimate of drug-likeness (QED) is 0.614. The van der Waals surface area contributed by atoms with Crippen LogP contribution in [0.2, 0.25) is 0 Å². The van der Waals surface area contributed by atoms with Crippen molar-refractivity contribution in [3.63, 3.8) is 0 Å². The Balaban J connectivity index is 1.91. The summed E-state index contributed by atoms with van der Waals surface area (Å²) in [5.74, 6) is 0.0831. The zero-order valence-electron chi connectivity index (χ0n) is 13.5. The Morgan fingerprint density at radius 1 is 1.08 bits per heavy atom. The number of esters is 1. The van der Waals surface area contributed by atoms with E-state index in [1.807, 2.05) is 31.2 Å². The summed E-state index contributed by atoms with van der Waals surface area (Å²) in [7, 11) is -3.48. The van der Waals surface area contributed by atoms with Gasteiger partial charge in [-0.25, -0.2) is 13.2 Å². The molecule has 0 aliphatic heterocycles. The number of ether oxygens (including phenoxy) is 2. The predicted octanol–water partition coefficient (Wildman–Crippen LogP) is 2.60. The summed E-state index contributed by atoms with van der Waals surface area (Å²) in [4.78, 5) is 12.1. The summed E-state index contributed by atoms with van der Waals surface area (Å²) in [6.45, 7) is 2.22. The van der Waals surface area contributed by atoms with Crippen LogP contribution in [0, 0.1) is 6.92 Å². The average Bonchev–Trinajstić information content (AvgIpc) is 2.50. The van der Waals surface area contributed by atoms with Gasteiger partial charge in [-0.2, -0.15) is 0 Å². The fraction of sp³-hybridized carbons (Fsp3) is 0.235. The summed E-state index contributed by atoms with van der Waals surface area (Å²) in [5.41, 5.74) is 1.41. The van der Waals surface area contributed by atoms with Crippen LogP contribution in [-0.2, 0) is 14.8 Å². The Morgan fingerprint density at radius 2 is 1.83 bits per heavy atom. The van der Waals surface area contributed by atoms with Gasteiger partial charge < -0.3 is 9.47 Å². The van der Waals surface area contributed by atoms with Crippen LogP contribution in [0.5, 0.6) is 5.75 Å². The Hall–Kier alpha value is -2.54. The van der Waals surface area contributed by atoms with E-state index in [-0.39, 0.29) is 24.5 Å². The number of sulfonamides is 1. The minimum absolute atomic E-state index is 0.0555. The Bertz CT molecular complexity index is 817. The van der Waals surface area contributed by atoms with Crippen LogP contribution in [0.3, 0.4) is 0 Å². The number of anilines is 1. The number of hydrogen-bond acceptors (Lipinski definition) is 5. The maximum atomic E-state index is 12.1. The SMILES string of the molecule is Cc1cccc(OCCOC(=O)c2ccccc2NS(C)(=O)=O)c1. The second-order valence-electron chi connectivity index (χ2n) is 5.22. The van der Waals surface area contributed by atoms with Gasteiger partial charge in [-0.15, -0.1) is 0 Å². The van der Waals surface area contributed by atoms with Crippen LogP contribution in [0.1, 0.15) is 15.9 Å². The van der Waals surface area contributed by atoms with E-state index < -0.39 is 16.0 Å². The molecule has 0 amide bonds.